The van der Waals surface area contributed by atoms with Gasteiger partial charge < -0.3 is 19.9 Å². The zero-order valence-corrected chi connectivity index (χ0v) is 14.5. The fourth-order valence-electron chi connectivity index (χ4n) is 2.71. The van der Waals surface area contributed by atoms with Crippen LogP contribution in [0.5, 0.6) is 0 Å². The normalized spacial score (nSPS) is 13.4. The second kappa shape index (κ2) is 8.59. The lowest BCUT2D eigenvalue weighted by atomic mass is 10.1. The van der Waals surface area contributed by atoms with E-state index in [4.69, 9.17) is 4.74 Å². The second-order valence-corrected chi connectivity index (χ2v) is 6.10. The number of aromatic nitrogens is 1. The Kier molecular flexibility index (Phi) is 5.97. The van der Waals surface area contributed by atoms with E-state index < -0.39 is 23.8 Å². The van der Waals surface area contributed by atoms with Gasteiger partial charge in [-0.1, -0.05) is 48.5 Å². The summed E-state index contributed by atoms with van der Waals surface area (Å²) in [5, 5.41) is 23.0. The number of carboxylic acid groups (broad SMARTS) is 1. The van der Waals surface area contributed by atoms with Crippen LogP contribution in [0.15, 0.2) is 65.5 Å². The second-order valence-electron chi connectivity index (χ2n) is 6.10. The predicted octanol–water partition coefficient (Wildman–Crippen LogP) is 1.78. The highest BCUT2D eigenvalue weighted by Gasteiger charge is 2.23. The third kappa shape index (κ3) is 4.79. The lowest BCUT2D eigenvalue weighted by Crippen LogP contribution is -2.43. The number of H-pyrrole nitrogens is 1. The van der Waals surface area contributed by atoms with Crippen LogP contribution in [0.4, 0.5) is 0 Å². The van der Waals surface area contributed by atoms with E-state index in [9.17, 15) is 19.8 Å². The van der Waals surface area contributed by atoms with Gasteiger partial charge in [-0.15, -0.1) is 0 Å². The van der Waals surface area contributed by atoms with E-state index in [-0.39, 0.29) is 18.8 Å². The van der Waals surface area contributed by atoms with Crippen molar-refractivity contribution in [2.75, 3.05) is 6.61 Å². The van der Waals surface area contributed by atoms with E-state index >= 15 is 0 Å². The highest BCUT2D eigenvalue weighted by molar-refractivity contribution is 5.78. The molecule has 0 aliphatic carbocycles. The lowest BCUT2D eigenvalue weighted by Gasteiger charge is -2.19. The van der Waals surface area contributed by atoms with Crippen molar-refractivity contribution < 1.29 is 19.7 Å². The van der Waals surface area contributed by atoms with Crippen LogP contribution in [0.25, 0.3) is 10.9 Å². The van der Waals surface area contributed by atoms with Crippen molar-refractivity contribution in [3.63, 3.8) is 0 Å². The number of rotatable bonds is 8. The Hall–Kier alpha value is -3.00. The standard InChI is InChI=1S/C20H20N2O5/c23-18-15(10-14-8-4-5-9-16(14)21-18)19(24)22-17(20(25)26)12-27-11-13-6-2-1-3-7-13/h1-10,17,19,22,24H,11-12H2,(H,21,23)(H,25,26). The molecule has 0 aliphatic heterocycles. The van der Waals surface area contributed by atoms with Crippen LogP contribution < -0.4 is 10.9 Å². The molecule has 1 aromatic heterocycles. The van der Waals surface area contributed by atoms with Crippen molar-refractivity contribution in [2.24, 2.45) is 0 Å². The number of hydrogen-bond acceptors (Lipinski definition) is 5. The Bertz CT molecular complexity index is 971. The molecule has 3 rings (SSSR count). The molecule has 2 atom stereocenters. The number of pyridine rings is 1. The monoisotopic (exact) mass is 368 g/mol. The summed E-state index contributed by atoms with van der Waals surface area (Å²) in [5.41, 5.74) is 1.11. The van der Waals surface area contributed by atoms with Crippen molar-refractivity contribution >= 4 is 16.9 Å². The van der Waals surface area contributed by atoms with Crippen LogP contribution in [0.2, 0.25) is 0 Å². The molecule has 1 heterocycles. The summed E-state index contributed by atoms with van der Waals surface area (Å²) in [7, 11) is 0. The summed E-state index contributed by atoms with van der Waals surface area (Å²) in [6.45, 7) is 0.0890. The SMILES string of the molecule is O=C(O)C(COCc1ccccc1)NC(O)c1cc2ccccc2[nH]c1=O. The van der Waals surface area contributed by atoms with Crippen LogP contribution >= 0.6 is 0 Å². The number of aliphatic hydroxyl groups is 1. The summed E-state index contributed by atoms with van der Waals surface area (Å²) in [6.07, 6.45) is -1.44. The highest BCUT2D eigenvalue weighted by atomic mass is 16.5. The van der Waals surface area contributed by atoms with E-state index in [1.807, 2.05) is 36.4 Å². The van der Waals surface area contributed by atoms with Crippen molar-refractivity contribution in [3.8, 4) is 0 Å². The summed E-state index contributed by atoms with van der Waals surface area (Å²) < 4.78 is 5.44. The Morgan fingerprint density at radius 1 is 1.11 bits per heavy atom. The van der Waals surface area contributed by atoms with Crippen molar-refractivity contribution in [1.82, 2.24) is 10.3 Å². The predicted molar refractivity (Wildman–Crippen MR) is 100 cm³/mol. The number of carboxylic acids is 1. The summed E-state index contributed by atoms with van der Waals surface area (Å²) >= 11 is 0. The highest BCUT2D eigenvalue weighted by Crippen LogP contribution is 2.14. The van der Waals surface area contributed by atoms with Gasteiger partial charge in [0.1, 0.15) is 12.3 Å². The quantitative estimate of drug-likeness (QED) is 0.451. The molecule has 7 heteroatoms. The molecule has 0 fully saturated rings. The van der Waals surface area contributed by atoms with Gasteiger partial charge in [-0.2, -0.15) is 0 Å². The molecule has 0 amide bonds. The Morgan fingerprint density at radius 3 is 2.56 bits per heavy atom. The molecule has 0 radical (unpaired) electrons. The molecule has 0 saturated carbocycles. The van der Waals surface area contributed by atoms with Gasteiger partial charge in [0.05, 0.1) is 18.8 Å². The number of hydrogen-bond donors (Lipinski definition) is 4. The van der Waals surface area contributed by atoms with Crippen LogP contribution in [0.1, 0.15) is 17.4 Å². The van der Waals surface area contributed by atoms with Gasteiger partial charge in [-0.05, 0) is 23.1 Å². The minimum absolute atomic E-state index is 0.0445. The van der Waals surface area contributed by atoms with Gasteiger partial charge in [0.2, 0.25) is 0 Å². The zero-order valence-electron chi connectivity index (χ0n) is 14.5. The van der Waals surface area contributed by atoms with E-state index in [0.29, 0.717) is 5.52 Å². The molecule has 140 valence electrons. The van der Waals surface area contributed by atoms with Crippen LogP contribution in [0.3, 0.4) is 0 Å². The van der Waals surface area contributed by atoms with Gasteiger partial charge in [0, 0.05) is 5.52 Å². The topological polar surface area (TPSA) is 112 Å². The molecule has 0 saturated heterocycles. The minimum Gasteiger partial charge on any atom is -0.480 e. The number of ether oxygens (including phenoxy) is 1. The van der Waals surface area contributed by atoms with Gasteiger partial charge in [0.25, 0.3) is 5.56 Å². The largest absolute Gasteiger partial charge is 0.480 e. The molecule has 4 N–H and O–H groups in total. The average molecular weight is 368 g/mol. The Balaban J connectivity index is 1.68. The van der Waals surface area contributed by atoms with Crippen molar-refractivity contribution in [2.45, 2.75) is 18.9 Å². The molecule has 2 unspecified atom stereocenters. The smallest absolute Gasteiger partial charge is 0.323 e. The summed E-state index contributed by atoms with van der Waals surface area (Å²) in [5.74, 6) is -1.18. The first kappa shape index (κ1) is 18.8. The van der Waals surface area contributed by atoms with E-state index in [2.05, 4.69) is 10.3 Å². The number of aromatic amines is 1. The molecule has 0 bridgehead atoms. The molecule has 3 aromatic rings. The first-order chi connectivity index (χ1) is 13.0. The van der Waals surface area contributed by atoms with Gasteiger partial charge >= 0.3 is 5.97 Å². The maximum Gasteiger partial charge on any atom is 0.323 e. The first-order valence-corrected chi connectivity index (χ1v) is 8.45. The Labute approximate surface area is 155 Å². The fourth-order valence-corrected chi connectivity index (χ4v) is 2.71. The number of fused-ring (bicyclic) bond motifs is 1. The zero-order chi connectivity index (χ0) is 19.2. The summed E-state index contributed by atoms with van der Waals surface area (Å²) in [6, 6.07) is 16.8. The number of aliphatic carboxylic acids is 1. The molecule has 0 aliphatic rings. The number of carbonyl (C=O) groups is 1. The van der Waals surface area contributed by atoms with Crippen LogP contribution in [0, 0.1) is 0 Å². The van der Waals surface area contributed by atoms with E-state index in [1.54, 1.807) is 18.2 Å². The number of benzene rings is 2. The third-order valence-electron chi connectivity index (χ3n) is 4.13. The lowest BCUT2D eigenvalue weighted by molar-refractivity contribution is -0.142. The van der Waals surface area contributed by atoms with Crippen LogP contribution in [-0.4, -0.2) is 33.8 Å². The number of nitrogens with one attached hydrogen (secondary N) is 2. The fraction of sp³-hybridized carbons (Fsp3) is 0.200. The molecule has 27 heavy (non-hydrogen) atoms. The molecule has 0 spiro atoms. The maximum atomic E-state index is 12.2. The maximum absolute atomic E-state index is 12.2. The van der Waals surface area contributed by atoms with Crippen molar-refractivity contribution in [3.05, 3.63) is 82.1 Å². The number of para-hydroxylation sites is 1. The van der Waals surface area contributed by atoms with E-state index in [0.717, 1.165) is 10.9 Å². The first-order valence-electron chi connectivity index (χ1n) is 8.45. The van der Waals surface area contributed by atoms with Crippen molar-refractivity contribution in [1.29, 1.82) is 0 Å². The van der Waals surface area contributed by atoms with E-state index in [1.165, 1.54) is 6.07 Å². The van der Waals surface area contributed by atoms with Gasteiger partial charge in [-0.25, -0.2) is 0 Å². The van der Waals surface area contributed by atoms with Gasteiger partial charge in [0.15, 0.2) is 0 Å². The third-order valence-corrected chi connectivity index (χ3v) is 4.13. The molecular weight excluding hydrogens is 348 g/mol. The molecule has 7 nitrogen and oxygen atoms in total. The molecular formula is C20H20N2O5. The Morgan fingerprint density at radius 2 is 1.81 bits per heavy atom. The van der Waals surface area contributed by atoms with Crippen LogP contribution in [-0.2, 0) is 16.1 Å². The van der Waals surface area contributed by atoms with Gasteiger partial charge in [-0.3, -0.25) is 14.9 Å². The average Bonchev–Trinajstić information content (AvgIpc) is 2.67. The summed E-state index contributed by atoms with van der Waals surface area (Å²) in [4.78, 5) is 26.3. The minimum atomic E-state index is -1.44. The molecule has 2 aromatic carbocycles. The number of aliphatic hydroxyl groups excluding tert-OH is 1.